The van der Waals surface area contributed by atoms with Gasteiger partial charge < -0.3 is 9.47 Å². The lowest BCUT2D eigenvalue weighted by atomic mass is 9.85. The minimum atomic E-state index is 0.0673. The molecule has 1 heterocycles. The number of fused-ring (bicyclic) bond motifs is 2. The van der Waals surface area contributed by atoms with Crippen molar-refractivity contribution in [3.05, 3.63) is 0 Å². The van der Waals surface area contributed by atoms with Gasteiger partial charge in [-0.15, -0.1) is 0 Å². The smallest absolute Gasteiger partial charge is 0.139 e. The molecule has 0 radical (unpaired) electrons. The molecular weight excluding hydrogens is 187 g/mol. The summed E-state index contributed by atoms with van der Waals surface area (Å²) in [7, 11) is 2.21. The summed E-state index contributed by atoms with van der Waals surface area (Å²) in [5.74, 6) is 1.47. The standard InChI is InChI=1S/C12H23BO2/c1-3-4-5-14-8-12-7-10(6-9(12)2)11(13)15-12/h9-11H,3-8,13H2,1-2H3/t9-,10?,11-,12+/m1/s1. The molecule has 15 heavy (non-hydrogen) atoms. The monoisotopic (exact) mass is 210 g/mol. The molecule has 3 heteroatoms. The van der Waals surface area contributed by atoms with Gasteiger partial charge in [-0.25, -0.2) is 0 Å². The average Bonchev–Trinajstić information content (AvgIpc) is 2.67. The van der Waals surface area contributed by atoms with Crippen molar-refractivity contribution in [3.8, 4) is 0 Å². The Morgan fingerprint density at radius 3 is 2.93 bits per heavy atom. The van der Waals surface area contributed by atoms with Gasteiger partial charge in [0.25, 0.3) is 0 Å². The largest absolute Gasteiger partial charge is 0.378 e. The van der Waals surface area contributed by atoms with E-state index in [0.717, 1.165) is 19.1 Å². The Balaban J connectivity index is 1.84. The van der Waals surface area contributed by atoms with E-state index in [1.807, 2.05) is 0 Å². The van der Waals surface area contributed by atoms with Crippen LogP contribution in [0.5, 0.6) is 0 Å². The van der Waals surface area contributed by atoms with E-state index in [1.54, 1.807) is 0 Å². The van der Waals surface area contributed by atoms with Crippen molar-refractivity contribution < 1.29 is 9.47 Å². The van der Waals surface area contributed by atoms with Gasteiger partial charge in [0.15, 0.2) is 0 Å². The van der Waals surface area contributed by atoms with Gasteiger partial charge in [-0.1, -0.05) is 20.3 Å². The lowest BCUT2D eigenvalue weighted by molar-refractivity contribution is -0.115. The van der Waals surface area contributed by atoms with Crippen LogP contribution in [-0.4, -0.2) is 32.7 Å². The first-order valence-corrected chi connectivity index (χ1v) is 6.43. The van der Waals surface area contributed by atoms with Crippen LogP contribution < -0.4 is 0 Å². The molecule has 0 aromatic carbocycles. The second-order valence-electron chi connectivity index (χ2n) is 5.39. The van der Waals surface area contributed by atoms with Crippen molar-refractivity contribution in [2.75, 3.05) is 13.2 Å². The maximum Gasteiger partial charge on any atom is 0.139 e. The van der Waals surface area contributed by atoms with Gasteiger partial charge in [-0.3, -0.25) is 0 Å². The highest BCUT2D eigenvalue weighted by Gasteiger charge is 2.54. The predicted octanol–water partition coefficient (Wildman–Crippen LogP) is 1.58. The molecule has 4 atom stereocenters. The minimum Gasteiger partial charge on any atom is -0.378 e. The van der Waals surface area contributed by atoms with E-state index in [0.29, 0.717) is 11.9 Å². The second kappa shape index (κ2) is 4.46. The highest BCUT2D eigenvalue weighted by atomic mass is 16.6. The summed E-state index contributed by atoms with van der Waals surface area (Å²) < 4.78 is 11.9. The Kier molecular flexibility index (Phi) is 3.41. The number of hydrogen-bond donors (Lipinski definition) is 0. The third-order valence-corrected chi connectivity index (χ3v) is 4.24. The fourth-order valence-electron chi connectivity index (χ4n) is 3.11. The Morgan fingerprint density at radius 2 is 2.33 bits per heavy atom. The molecule has 0 aromatic heterocycles. The molecule has 2 bridgehead atoms. The molecule has 1 saturated carbocycles. The molecule has 0 aromatic rings. The molecule has 86 valence electrons. The fourth-order valence-corrected chi connectivity index (χ4v) is 3.11. The molecule has 1 aliphatic heterocycles. The third-order valence-electron chi connectivity index (χ3n) is 4.24. The van der Waals surface area contributed by atoms with Crippen LogP contribution >= 0.6 is 0 Å². The second-order valence-corrected chi connectivity index (χ2v) is 5.39. The lowest BCUT2D eigenvalue weighted by Gasteiger charge is -2.35. The van der Waals surface area contributed by atoms with E-state index in [2.05, 4.69) is 21.7 Å². The SMILES string of the molecule is B[C@@H]1O[C@]2(COCCCC)CC1C[C@H]2C. The van der Waals surface area contributed by atoms with Gasteiger partial charge in [0.1, 0.15) is 7.85 Å². The van der Waals surface area contributed by atoms with Crippen LogP contribution in [0.2, 0.25) is 0 Å². The van der Waals surface area contributed by atoms with Crippen LogP contribution in [0.4, 0.5) is 0 Å². The molecule has 2 fully saturated rings. The molecule has 2 aliphatic rings. The zero-order chi connectivity index (χ0) is 10.9. The maximum absolute atomic E-state index is 6.12. The van der Waals surface area contributed by atoms with Crippen LogP contribution in [-0.2, 0) is 9.47 Å². The summed E-state index contributed by atoms with van der Waals surface area (Å²) in [6.07, 6.45) is 4.94. The Morgan fingerprint density at radius 1 is 1.53 bits per heavy atom. The average molecular weight is 210 g/mol. The summed E-state index contributed by atoms with van der Waals surface area (Å²) in [4.78, 5) is 0. The van der Waals surface area contributed by atoms with Crippen molar-refractivity contribution in [1.29, 1.82) is 0 Å². The Hall–Kier alpha value is -0.0151. The van der Waals surface area contributed by atoms with E-state index in [-0.39, 0.29) is 5.60 Å². The van der Waals surface area contributed by atoms with Crippen LogP contribution in [0.3, 0.4) is 0 Å². The fraction of sp³-hybridized carbons (Fsp3) is 1.00. The van der Waals surface area contributed by atoms with Gasteiger partial charge in [-0.2, -0.15) is 0 Å². The van der Waals surface area contributed by atoms with E-state index in [4.69, 9.17) is 9.47 Å². The van der Waals surface area contributed by atoms with Crippen molar-refractivity contribution >= 4 is 7.85 Å². The maximum atomic E-state index is 6.12. The topological polar surface area (TPSA) is 18.5 Å². The van der Waals surface area contributed by atoms with Crippen molar-refractivity contribution in [3.63, 3.8) is 0 Å². The Bertz CT molecular complexity index is 218. The number of unbranched alkanes of at least 4 members (excludes halogenated alkanes) is 1. The molecule has 0 amide bonds. The molecule has 1 unspecified atom stereocenters. The highest BCUT2D eigenvalue weighted by molar-refractivity contribution is 6.11. The predicted molar refractivity (Wildman–Crippen MR) is 63.8 cm³/mol. The van der Waals surface area contributed by atoms with Crippen molar-refractivity contribution in [1.82, 2.24) is 0 Å². The van der Waals surface area contributed by atoms with E-state index in [9.17, 15) is 0 Å². The summed E-state index contributed by atoms with van der Waals surface area (Å²) >= 11 is 0. The summed E-state index contributed by atoms with van der Waals surface area (Å²) in [5.41, 5.74) is 0.0673. The van der Waals surface area contributed by atoms with Crippen LogP contribution in [0.15, 0.2) is 0 Å². The van der Waals surface area contributed by atoms with E-state index >= 15 is 0 Å². The van der Waals surface area contributed by atoms with E-state index in [1.165, 1.54) is 25.7 Å². The van der Waals surface area contributed by atoms with Gasteiger partial charge in [0.2, 0.25) is 0 Å². The molecule has 1 aliphatic carbocycles. The molecule has 1 saturated heterocycles. The quantitative estimate of drug-likeness (QED) is 0.506. The summed E-state index contributed by atoms with van der Waals surface area (Å²) in [5, 5.41) is 0. The Labute approximate surface area is 94.1 Å². The molecule has 2 nitrogen and oxygen atoms in total. The first kappa shape index (κ1) is 11.5. The molecular formula is C12H23BO2. The number of hydrogen-bond acceptors (Lipinski definition) is 2. The first-order chi connectivity index (χ1) is 7.18. The van der Waals surface area contributed by atoms with Gasteiger partial charge in [0, 0.05) is 12.6 Å². The number of rotatable bonds is 5. The van der Waals surface area contributed by atoms with Gasteiger partial charge >= 0.3 is 0 Å². The van der Waals surface area contributed by atoms with Crippen LogP contribution in [0.25, 0.3) is 0 Å². The molecule has 0 spiro atoms. The zero-order valence-corrected chi connectivity index (χ0v) is 10.3. The van der Waals surface area contributed by atoms with Crippen molar-refractivity contribution in [2.45, 2.75) is 51.1 Å². The number of ether oxygens (including phenoxy) is 2. The third kappa shape index (κ3) is 2.09. The minimum absolute atomic E-state index is 0.0673. The zero-order valence-electron chi connectivity index (χ0n) is 10.3. The highest BCUT2D eigenvalue weighted by Crippen LogP contribution is 2.50. The van der Waals surface area contributed by atoms with Gasteiger partial charge in [0.05, 0.1) is 12.2 Å². The van der Waals surface area contributed by atoms with Crippen LogP contribution in [0.1, 0.15) is 39.5 Å². The van der Waals surface area contributed by atoms with Crippen molar-refractivity contribution in [2.24, 2.45) is 11.8 Å². The molecule has 2 rings (SSSR count). The normalized spacial score (nSPS) is 43.7. The summed E-state index contributed by atoms with van der Waals surface area (Å²) in [6, 6.07) is 0.455. The van der Waals surface area contributed by atoms with Crippen LogP contribution in [0, 0.1) is 11.8 Å². The molecule has 0 N–H and O–H groups in total. The lowest BCUT2D eigenvalue weighted by Crippen LogP contribution is -2.42. The van der Waals surface area contributed by atoms with E-state index < -0.39 is 0 Å². The van der Waals surface area contributed by atoms with Gasteiger partial charge in [-0.05, 0) is 31.1 Å². The first-order valence-electron chi connectivity index (χ1n) is 6.43. The summed E-state index contributed by atoms with van der Waals surface area (Å²) in [6.45, 7) is 6.22.